The molecule has 6 rings (SSSR count). The average Bonchev–Trinajstić information content (AvgIpc) is 2.61. The highest BCUT2D eigenvalue weighted by Gasteiger charge is 2.57. The molecule has 5 heterocycles. The molecule has 0 saturated carbocycles. The molecule has 0 spiro atoms. The van der Waals surface area contributed by atoms with Gasteiger partial charge in [-0.25, -0.2) is 24.4 Å². The minimum Gasteiger partial charge on any atom is -0.276 e. The van der Waals surface area contributed by atoms with Gasteiger partial charge in [0.05, 0.1) is 5.69 Å². The van der Waals surface area contributed by atoms with Crippen LogP contribution in [0, 0.1) is 5.92 Å². The van der Waals surface area contributed by atoms with E-state index in [9.17, 15) is 14.4 Å². The third-order valence-corrected chi connectivity index (χ3v) is 5.95. The maximum atomic E-state index is 12.9. The Morgan fingerprint density at radius 2 is 1.59 bits per heavy atom. The van der Waals surface area contributed by atoms with Crippen LogP contribution in [0.1, 0.15) is 0 Å². The van der Waals surface area contributed by atoms with Crippen molar-refractivity contribution < 1.29 is 29.1 Å². The van der Waals surface area contributed by atoms with Crippen molar-refractivity contribution in [2.24, 2.45) is 10.9 Å². The minimum atomic E-state index is -1.07. The molecule has 0 unspecified atom stereocenters. The van der Waals surface area contributed by atoms with Gasteiger partial charge < -0.3 is 0 Å². The van der Waals surface area contributed by atoms with Crippen LogP contribution in [0.4, 0.5) is 10.5 Å². The predicted molar refractivity (Wildman–Crippen MR) is 94.3 cm³/mol. The summed E-state index contributed by atoms with van der Waals surface area (Å²) >= 11 is 0. The number of hydrogen-bond acceptors (Lipinski definition) is 4. The zero-order valence-corrected chi connectivity index (χ0v) is 14.9. The third-order valence-electron chi connectivity index (χ3n) is 5.95. The summed E-state index contributed by atoms with van der Waals surface area (Å²) in [7, 11) is 0. The number of imide groups is 2. The highest BCUT2D eigenvalue weighted by molar-refractivity contribution is 6.32. The van der Waals surface area contributed by atoms with Gasteiger partial charge >= 0.3 is 6.03 Å². The number of amides is 4. The Morgan fingerprint density at radius 3 is 2.19 bits per heavy atom. The van der Waals surface area contributed by atoms with E-state index in [1.807, 2.05) is 0 Å². The summed E-state index contributed by atoms with van der Waals surface area (Å²) in [6.07, 6.45) is 1.48. The van der Waals surface area contributed by atoms with Gasteiger partial charge in [0.15, 0.2) is 5.92 Å². The number of carbonyl (C=O) groups is 3. The highest BCUT2D eigenvalue weighted by atomic mass is 16.2. The second kappa shape index (κ2) is 5.95. The number of quaternary nitrogens is 3. The zero-order chi connectivity index (χ0) is 18.6. The molecule has 5 saturated heterocycles. The quantitative estimate of drug-likeness (QED) is 0.318. The Morgan fingerprint density at radius 1 is 1.00 bits per heavy atom. The molecular formula is C18H23N6O3+3. The van der Waals surface area contributed by atoms with Crippen molar-refractivity contribution in [3.63, 3.8) is 0 Å². The fourth-order valence-electron chi connectivity index (χ4n) is 5.12. The van der Waals surface area contributed by atoms with Gasteiger partial charge in [-0.3, -0.25) is 19.9 Å². The number of aliphatic imine (C=N–C) groups is 1. The number of para-hydroxylation sites is 1. The lowest BCUT2D eigenvalue weighted by atomic mass is 9.91. The lowest BCUT2D eigenvalue weighted by molar-refractivity contribution is -1.29. The topological polar surface area (TPSA) is 92.2 Å². The Hall–Kier alpha value is -2.62. The summed E-state index contributed by atoms with van der Waals surface area (Å²) in [6.45, 7) is 6.21. The molecule has 9 nitrogen and oxygen atoms in total. The summed E-state index contributed by atoms with van der Waals surface area (Å²) in [5.41, 5.74) is 0.233. The van der Waals surface area contributed by atoms with Crippen molar-refractivity contribution in [3.8, 4) is 0 Å². The molecule has 5 fully saturated rings. The van der Waals surface area contributed by atoms with E-state index in [2.05, 4.69) is 5.32 Å². The molecule has 9 heteroatoms. The SMILES string of the molecule is O=C1NC(=O)N(c2ccccc2)C(=O)[C@@H]1C=NC12C[NH+]3C[NH+](C[NH+](C3)C1)C2. The second-order valence-corrected chi connectivity index (χ2v) is 8.09. The van der Waals surface area contributed by atoms with E-state index in [0.29, 0.717) is 5.69 Å². The molecule has 0 radical (unpaired) electrons. The first-order valence-corrected chi connectivity index (χ1v) is 9.33. The zero-order valence-electron chi connectivity index (χ0n) is 14.9. The molecule has 4 amide bonds. The fourth-order valence-corrected chi connectivity index (χ4v) is 5.12. The predicted octanol–water partition coefficient (Wildman–Crippen LogP) is -4.74. The molecule has 1 aromatic carbocycles. The number of nitrogens with zero attached hydrogens (tertiary/aromatic N) is 2. The highest BCUT2D eigenvalue weighted by Crippen LogP contribution is 2.20. The van der Waals surface area contributed by atoms with Crippen molar-refractivity contribution in [1.29, 1.82) is 0 Å². The molecule has 5 aliphatic heterocycles. The van der Waals surface area contributed by atoms with E-state index in [1.54, 1.807) is 30.3 Å². The number of benzene rings is 1. The monoisotopic (exact) mass is 371 g/mol. The summed E-state index contributed by atoms with van der Waals surface area (Å²) in [6, 6.07) is 7.93. The lowest BCUT2D eigenvalue weighted by Crippen LogP contribution is -3.56. The van der Waals surface area contributed by atoms with E-state index in [0.717, 1.165) is 44.5 Å². The van der Waals surface area contributed by atoms with Crippen LogP contribution in [-0.4, -0.2) is 69.2 Å². The van der Waals surface area contributed by atoms with E-state index in [-0.39, 0.29) is 5.54 Å². The Kier molecular flexibility index (Phi) is 3.64. The van der Waals surface area contributed by atoms with Gasteiger partial charge in [0.1, 0.15) is 19.6 Å². The Bertz CT molecular complexity index is 803. The molecule has 5 aliphatic rings. The van der Waals surface area contributed by atoms with E-state index in [1.165, 1.54) is 20.9 Å². The van der Waals surface area contributed by atoms with Crippen LogP contribution in [0.15, 0.2) is 35.3 Å². The van der Waals surface area contributed by atoms with Crippen molar-refractivity contribution in [1.82, 2.24) is 5.32 Å². The average molecular weight is 371 g/mol. The van der Waals surface area contributed by atoms with Crippen molar-refractivity contribution in [3.05, 3.63) is 30.3 Å². The number of barbiturate groups is 1. The van der Waals surface area contributed by atoms with Crippen LogP contribution in [0.2, 0.25) is 0 Å². The number of hydrogen-bond donors (Lipinski definition) is 4. The first kappa shape index (κ1) is 16.5. The molecule has 0 aliphatic carbocycles. The van der Waals surface area contributed by atoms with Crippen LogP contribution in [0.5, 0.6) is 0 Å². The number of rotatable bonds is 3. The molecule has 140 valence electrons. The largest absolute Gasteiger partial charge is 0.335 e. The number of anilines is 1. The second-order valence-electron chi connectivity index (χ2n) is 8.09. The summed E-state index contributed by atoms with van der Waals surface area (Å²) in [4.78, 5) is 47.8. The molecule has 27 heavy (non-hydrogen) atoms. The lowest BCUT2D eigenvalue weighted by Gasteiger charge is -2.50. The van der Waals surface area contributed by atoms with Crippen molar-refractivity contribution >= 4 is 29.7 Å². The van der Waals surface area contributed by atoms with Gasteiger partial charge in [0.25, 0.3) is 5.91 Å². The van der Waals surface area contributed by atoms with Gasteiger partial charge in [-0.1, -0.05) is 18.2 Å². The van der Waals surface area contributed by atoms with Crippen molar-refractivity contribution in [2.45, 2.75) is 5.54 Å². The maximum Gasteiger partial charge on any atom is 0.335 e. The van der Waals surface area contributed by atoms with Crippen LogP contribution >= 0.6 is 0 Å². The standard InChI is InChI=1S/C18H20N6O3/c25-15-14(16(26)24(17(27)20-15)13-4-2-1-3-5-13)6-19-18-7-21-10-22(8-18)12-23(9-18)11-21/h1-6,14H,7-12H2,(H,20,25,27)/p+3/t14-/m1/s1. The maximum absolute atomic E-state index is 12.9. The van der Waals surface area contributed by atoms with Crippen molar-refractivity contribution in [2.75, 3.05) is 44.5 Å². The molecule has 4 bridgehead atoms. The Balaban J connectivity index is 1.41. The normalized spacial score (nSPS) is 37.9. The van der Waals surface area contributed by atoms with Gasteiger partial charge in [-0.05, 0) is 12.1 Å². The van der Waals surface area contributed by atoms with Crippen LogP contribution in [0.3, 0.4) is 0 Å². The van der Waals surface area contributed by atoms with Crippen LogP contribution in [0.25, 0.3) is 0 Å². The van der Waals surface area contributed by atoms with Crippen LogP contribution < -0.4 is 24.9 Å². The first-order chi connectivity index (χ1) is 13.0. The summed E-state index contributed by atoms with van der Waals surface area (Å²) in [5.74, 6) is -2.22. The molecule has 1 aromatic rings. The van der Waals surface area contributed by atoms with Gasteiger partial charge in [0.2, 0.25) is 31.5 Å². The molecule has 1 atom stereocenters. The van der Waals surface area contributed by atoms with Gasteiger partial charge in [-0.15, -0.1) is 0 Å². The fraction of sp³-hybridized carbons (Fsp3) is 0.444. The summed E-state index contributed by atoms with van der Waals surface area (Å²) < 4.78 is 0. The molecule has 4 N–H and O–H groups in total. The van der Waals surface area contributed by atoms with Gasteiger partial charge in [0, 0.05) is 6.21 Å². The first-order valence-electron chi connectivity index (χ1n) is 9.33. The van der Waals surface area contributed by atoms with Gasteiger partial charge in [-0.2, -0.15) is 0 Å². The molecule has 0 aromatic heterocycles. The van der Waals surface area contributed by atoms with E-state index >= 15 is 0 Å². The number of carbonyl (C=O) groups excluding carboxylic acids is 3. The van der Waals surface area contributed by atoms with E-state index < -0.39 is 23.8 Å². The molecular weight excluding hydrogens is 348 g/mol. The van der Waals surface area contributed by atoms with E-state index in [4.69, 9.17) is 4.99 Å². The third kappa shape index (κ3) is 2.75. The Labute approximate surface area is 156 Å². The summed E-state index contributed by atoms with van der Waals surface area (Å²) in [5, 5.41) is 2.29. The van der Waals surface area contributed by atoms with Crippen LogP contribution in [-0.2, 0) is 9.59 Å². The number of urea groups is 1. The smallest absolute Gasteiger partial charge is 0.276 e. The minimum absolute atomic E-state index is 0.214. The number of nitrogens with one attached hydrogen (secondary N) is 4.